The third-order valence-corrected chi connectivity index (χ3v) is 7.66. The fourth-order valence-corrected chi connectivity index (χ4v) is 5.42. The van der Waals surface area contributed by atoms with Crippen LogP contribution in [0.2, 0.25) is 0 Å². The Kier molecular flexibility index (Phi) is 6.21. The van der Waals surface area contributed by atoms with Crippen LogP contribution in [-0.2, 0) is 21.4 Å². The largest absolute Gasteiger partial charge is 0.419 e. The number of oxazole rings is 1. The van der Waals surface area contributed by atoms with E-state index in [2.05, 4.69) is 19.2 Å². The first-order chi connectivity index (χ1) is 15.3. The van der Waals surface area contributed by atoms with Crippen LogP contribution in [0.5, 0.6) is 0 Å². The van der Waals surface area contributed by atoms with Crippen LogP contribution in [0, 0.1) is 0 Å². The van der Waals surface area contributed by atoms with Gasteiger partial charge in [0.05, 0.1) is 10.4 Å². The molecule has 1 fully saturated rings. The van der Waals surface area contributed by atoms with Crippen LogP contribution < -0.4 is 11.1 Å². The van der Waals surface area contributed by atoms with Crippen LogP contribution >= 0.6 is 0 Å². The van der Waals surface area contributed by atoms with Gasteiger partial charge in [-0.15, -0.1) is 0 Å². The number of amides is 1. The molecule has 4 rings (SSSR count). The average Bonchev–Trinajstić information content (AvgIpc) is 3.40. The van der Waals surface area contributed by atoms with Crippen molar-refractivity contribution in [3.63, 3.8) is 0 Å². The smallest absolute Gasteiger partial charge is 0.408 e. The molecule has 0 aliphatic carbocycles. The standard InChI is InChI=1S/C23H27N3O5S/c1-16(2)17-5-7-18(8-6-17)24-22(27)11-14-26-20-10-9-19(15-21(20)31-23(26)28)32(29,30)25-12-3-4-13-25/h5-10,15-16H,3-4,11-14H2,1-2H3,(H,24,27). The molecule has 0 unspecified atom stereocenters. The predicted molar refractivity (Wildman–Crippen MR) is 122 cm³/mol. The lowest BCUT2D eigenvalue weighted by Crippen LogP contribution is -2.27. The zero-order valence-corrected chi connectivity index (χ0v) is 19.0. The summed E-state index contributed by atoms with van der Waals surface area (Å²) in [6, 6.07) is 12.1. The van der Waals surface area contributed by atoms with Gasteiger partial charge in [0, 0.05) is 37.8 Å². The predicted octanol–water partition coefficient (Wildman–Crippen LogP) is 3.53. The molecule has 1 amide bonds. The van der Waals surface area contributed by atoms with Crippen molar-refractivity contribution in [2.45, 2.75) is 50.5 Å². The fourth-order valence-electron chi connectivity index (χ4n) is 3.88. The van der Waals surface area contributed by atoms with Crippen molar-refractivity contribution in [1.29, 1.82) is 0 Å². The highest BCUT2D eigenvalue weighted by molar-refractivity contribution is 7.89. The Morgan fingerprint density at radius 3 is 2.44 bits per heavy atom. The minimum Gasteiger partial charge on any atom is -0.408 e. The first kappa shape index (κ1) is 22.3. The molecule has 32 heavy (non-hydrogen) atoms. The summed E-state index contributed by atoms with van der Waals surface area (Å²) in [4.78, 5) is 24.8. The molecule has 1 N–H and O–H groups in total. The van der Waals surface area contributed by atoms with Gasteiger partial charge in [0.2, 0.25) is 15.9 Å². The van der Waals surface area contributed by atoms with Crippen LogP contribution in [-0.4, -0.2) is 36.3 Å². The van der Waals surface area contributed by atoms with Crippen LogP contribution in [0.4, 0.5) is 5.69 Å². The van der Waals surface area contributed by atoms with E-state index in [1.807, 2.05) is 24.3 Å². The molecule has 1 aromatic heterocycles. The zero-order valence-electron chi connectivity index (χ0n) is 18.2. The fraction of sp³-hybridized carbons (Fsp3) is 0.391. The molecule has 0 radical (unpaired) electrons. The number of fused-ring (bicyclic) bond motifs is 1. The van der Waals surface area contributed by atoms with Crippen LogP contribution in [0.15, 0.2) is 56.6 Å². The Bertz CT molecular complexity index is 1280. The van der Waals surface area contributed by atoms with E-state index in [1.54, 1.807) is 6.07 Å². The number of benzene rings is 2. The van der Waals surface area contributed by atoms with Gasteiger partial charge < -0.3 is 9.73 Å². The summed E-state index contributed by atoms with van der Waals surface area (Å²) in [5.41, 5.74) is 2.54. The summed E-state index contributed by atoms with van der Waals surface area (Å²) in [6.07, 6.45) is 1.77. The molecule has 2 heterocycles. The van der Waals surface area contributed by atoms with E-state index in [9.17, 15) is 18.0 Å². The third-order valence-electron chi connectivity index (χ3n) is 5.77. The average molecular weight is 458 g/mol. The maximum atomic E-state index is 12.8. The Hall–Kier alpha value is -2.91. The van der Waals surface area contributed by atoms with Crippen molar-refractivity contribution in [1.82, 2.24) is 8.87 Å². The molecule has 8 nitrogen and oxygen atoms in total. The lowest BCUT2D eigenvalue weighted by atomic mass is 10.0. The minimum absolute atomic E-state index is 0.0777. The number of hydrogen-bond acceptors (Lipinski definition) is 5. The Balaban J connectivity index is 1.47. The van der Waals surface area contributed by atoms with Crippen molar-refractivity contribution in [3.05, 3.63) is 58.6 Å². The van der Waals surface area contributed by atoms with E-state index in [-0.39, 0.29) is 29.4 Å². The van der Waals surface area contributed by atoms with Crippen molar-refractivity contribution in [2.24, 2.45) is 0 Å². The second-order valence-corrected chi connectivity index (χ2v) is 10.3. The number of nitrogens with zero attached hydrogens (tertiary/aromatic N) is 2. The summed E-state index contributed by atoms with van der Waals surface area (Å²) in [5.74, 6) is -0.437. The van der Waals surface area contributed by atoms with Crippen molar-refractivity contribution in [3.8, 4) is 0 Å². The summed E-state index contributed by atoms with van der Waals surface area (Å²) in [7, 11) is -3.60. The molecule has 1 aliphatic heterocycles. The number of aromatic nitrogens is 1. The quantitative estimate of drug-likeness (QED) is 0.585. The number of sulfonamides is 1. The van der Waals surface area contributed by atoms with E-state index in [4.69, 9.17) is 4.42 Å². The van der Waals surface area contributed by atoms with E-state index in [0.29, 0.717) is 30.2 Å². The van der Waals surface area contributed by atoms with E-state index in [1.165, 1.54) is 26.6 Å². The molecular weight excluding hydrogens is 430 g/mol. The maximum Gasteiger partial charge on any atom is 0.419 e. The Labute approximate surface area is 186 Å². The number of carbonyl (C=O) groups is 1. The number of aryl methyl sites for hydroxylation is 1. The highest BCUT2D eigenvalue weighted by Crippen LogP contribution is 2.24. The highest BCUT2D eigenvalue weighted by Gasteiger charge is 2.28. The summed E-state index contributed by atoms with van der Waals surface area (Å²) >= 11 is 0. The molecule has 0 saturated carbocycles. The van der Waals surface area contributed by atoms with Gasteiger partial charge in [-0.2, -0.15) is 4.31 Å². The lowest BCUT2D eigenvalue weighted by Gasteiger charge is -2.15. The van der Waals surface area contributed by atoms with Crippen LogP contribution in [0.3, 0.4) is 0 Å². The molecule has 0 bridgehead atoms. The third kappa shape index (κ3) is 4.49. The van der Waals surface area contributed by atoms with Gasteiger partial charge in [-0.1, -0.05) is 26.0 Å². The van der Waals surface area contributed by atoms with Crippen molar-refractivity contribution < 1.29 is 17.6 Å². The molecule has 1 saturated heterocycles. The van der Waals surface area contributed by atoms with Gasteiger partial charge in [0.25, 0.3) is 0 Å². The Morgan fingerprint density at radius 2 is 1.78 bits per heavy atom. The lowest BCUT2D eigenvalue weighted by molar-refractivity contribution is -0.116. The van der Waals surface area contributed by atoms with Crippen molar-refractivity contribution in [2.75, 3.05) is 18.4 Å². The van der Waals surface area contributed by atoms with Crippen LogP contribution in [0.25, 0.3) is 11.1 Å². The molecule has 0 spiro atoms. The second kappa shape index (κ2) is 8.91. The molecule has 2 aromatic carbocycles. The topological polar surface area (TPSA) is 102 Å². The number of rotatable bonds is 7. The van der Waals surface area contributed by atoms with Crippen LogP contribution in [0.1, 0.15) is 44.6 Å². The number of anilines is 1. The monoisotopic (exact) mass is 457 g/mol. The molecule has 9 heteroatoms. The zero-order chi connectivity index (χ0) is 22.9. The minimum atomic E-state index is -3.60. The Morgan fingerprint density at radius 1 is 1.09 bits per heavy atom. The number of nitrogens with one attached hydrogen (secondary N) is 1. The SMILES string of the molecule is CC(C)c1ccc(NC(=O)CCn2c(=O)oc3cc(S(=O)(=O)N4CCCC4)ccc32)cc1. The molecule has 0 atom stereocenters. The first-order valence-corrected chi connectivity index (χ1v) is 12.2. The molecule has 3 aromatic rings. The second-order valence-electron chi connectivity index (χ2n) is 8.34. The van der Waals surface area contributed by atoms with Crippen molar-refractivity contribution >= 4 is 32.7 Å². The van der Waals surface area contributed by atoms with E-state index >= 15 is 0 Å². The molecule has 170 valence electrons. The first-order valence-electron chi connectivity index (χ1n) is 10.8. The van der Waals surface area contributed by atoms with Gasteiger partial charge in [-0.3, -0.25) is 9.36 Å². The van der Waals surface area contributed by atoms with Gasteiger partial charge in [-0.25, -0.2) is 13.2 Å². The highest BCUT2D eigenvalue weighted by atomic mass is 32.2. The number of hydrogen-bond donors (Lipinski definition) is 1. The molecular formula is C23H27N3O5S. The van der Waals surface area contributed by atoms with E-state index in [0.717, 1.165) is 12.8 Å². The summed E-state index contributed by atoms with van der Waals surface area (Å²) in [5, 5.41) is 2.83. The van der Waals surface area contributed by atoms with Gasteiger partial charge in [0.15, 0.2) is 5.58 Å². The van der Waals surface area contributed by atoms with Gasteiger partial charge in [0.1, 0.15) is 0 Å². The number of carbonyl (C=O) groups excluding carboxylic acids is 1. The normalized spacial score (nSPS) is 15.0. The van der Waals surface area contributed by atoms with E-state index < -0.39 is 15.8 Å². The summed E-state index contributed by atoms with van der Waals surface area (Å²) < 4.78 is 33.6. The van der Waals surface area contributed by atoms with Gasteiger partial charge >= 0.3 is 5.76 Å². The molecule has 1 aliphatic rings. The van der Waals surface area contributed by atoms with Gasteiger partial charge in [-0.05, 0) is 48.6 Å². The maximum absolute atomic E-state index is 12.8. The summed E-state index contributed by atoms with van der Waals surface area (Å²) in [6.45, 7) is 5.33.